The molecule has 0 unspecified atom stereocenters. The van der Waals surface area contributed by atoms with E-state index in [1.165, 1.54) is 12.1 Å². The topological polar surface area (TPSA) is 43.4 Å². The van der Waals surface area contributed by atoms with Gasteiger partial charge in [0.2, 0.25) is 0 Å². The first kappa shape index (κ1) is 20.1. The molecule has 0 bridgehead atoms. The van der Waals surface area contributed by atoms with Crippen LogP contribution in [0.15, 0.2) is 36.4 Å². The van der Waals surface area contributed by atoms with Crippen molar-refractivity contribution in [2.24, 2.45) is 0 Å². The van der Waals surface area contributed by atoms with Crippen LogP contribution in [0.2, 0.25) is 0 Å². The second-order valence-electron chi connectivity index (χ2n) is 5.36. The van der Waals surface area contributed by atoms with Gasteiger partial charge in [0.15, 0.2) is 0 Å². The number of rotatable bonds is 4. The van der Waals surface area contributed by atoms with Crippen molar-refractivity contribution in [2.45, 2.75) is 26.3 Å². The molecule has 0 spiro atoms. The van der Waals surface area contributed by atoms with Gasteiger partial charge in [-0.25, -0.2) is 0 Å². The number of alkyl halides is 3. The molecule has 0 saturated heterocycles. The van der Waals surface area contributed by atoms with Gasteiger partial charge in [0.05, 0.1) is 0 Å². The normalized spacial score (nSPS) is 13.0. The number of hydrogen-bond donors (Lipinski definition) is 0. The number of aryl methyl sites for hydroxylation is 3. The van der Waals surface area contributed by atoms with E-state index in [4.69, 9.17) is 2.51 Å². The molecule has 138 valence electrons. The van der Waals surface area contributed by atoms with Gasteiger partial charge >= 0.3 is 151 Å². The summed E-state index contributed by atoms with van der Waals surface area (Å²) in [5.41, 5.74) is -3.34. The maximum absolute atomic E-state index is 13.2. The first-order valence-electron chi connectivity index (χ1n) is 6.97. The second kappa shape index (κ2) is 7.20. The van der Waals surface area contributed by atoms with E-state index < -0.39 is 41.7 Å². The van der Waals surface area contributed by atoms with Crippen molar-refractivity contribution in [3.05, 3.63) is 66.0 Å². The molecule has 0 aromatic heterocycles. The summed E-state index contributed by atoms with van der Waals surface area (Å²) in [7, 11) is -5.77. The molecule has 0 amide bonds. The molecule has 0 fully saturated rings. The van der Waals surface area contributed by atoms with Gasteiger partial charge in [-0.3, -0.25) is 0 Å². The van der Waals surface area contributed by atoms with E-state index in [1.807, 2.05) is 6.92 Å². The van der Waals surface area contributed by atoms with E-state index >= 15 is 0 Å². The standard InChI is InChI=1S/C16H15F4IO3S/c1-10-8-11(2)15(12(3)9-10)21(14-6-4-13(17)5-7-14)24-25(22,23)16(18,19)20/h4-9H,1-3H3. The summed E-state index contributed by atoms with van der Waals surface area (Å²) in [6, 6.07) is 8.18. The fourth-order valence-corrected chi connectivity index (χ4v) is 9.33. The minimum absolute atomic E-state index is 0.258. The van der Waals surface area contributed by atoms with Crippen molar-refractivity contribution in [1.82, 2.24) is 0 Å². The average molecular weight is 490 g/mol. The molecule has 0 aliphatic rings. The molecule has 0 heterocycles. The van der Waals surface area contributed by atoms with Crippen LogP contribution in [0.25, 0.3) is 0 Å². The Morgan fingerprint density at radius 1 is 0.960 bits per heavy atom. The van der Waals surface area contributed by atoms with Crippen LogP contribution in [-0.4, -0.2) is 13.9 Å². The predicted octanol–water partition coefficient (Wildman–Crippen LogP) is 5.08. The van der Waals surface area contributed by atoms with Gasteiger partial charge in [-0.2, -0.15) is 0 Å². The molecule has 0 N–H and O–H groups in total. The summed E-state index contributed by atoms with van der Waals surface area (Å²) in [5, 5.41) is 0. The Labute approximate surface area is 151 Å². The Morgan fingerprint density at radius 2 is 1.44 bits per heavy atom. The molecule has 0 radical (unpaired) electrons. The quantitative estimate of drug-likeness (QED) is 0.341. The second-order valence-corrected chi connectivity index (χ2v) is 11.7. The van der Waals surface area contributed by atoms with Gasteiger partial charge in [0.25, 0.3) is 0 Å². The number of halogens is 5. The Balaban J connectivity index is 2.64. The van der Waals surface area contributed by atoms with Crippen LogP contribution in [-0.2, 0) is 12.6 Å². The van der Waals surface area contributed by atoms with E-state index in [0.29, 0.717) is 14.7 Å². The Morgan fingerprint density at radius 3 is 1.88 bits per heavy atom. The van der Waals surface area contributed by atoms with E-state index in [-0.39, 0.29) is 3.57 Å². The molecule has 0 aliphatic heterocycles. The van der Waals surface area contributed by atoms with Crippen molar-refractivity contribution in [3.8, 4) is 0 Å². The molecular formula is C16H15F4IO3S. The molecule has 9 heteroatoms. The minimum atomic E-state index is -5.77. The van der Waals surface area contributed by atoms with E-state index in [2.05, 4.69) is 0 Å². The predicted molar refractivity (Wildman–Crippen MR) is 94.5 cm³/mol. The molecule has 0 atom stereocenters. The van der Waals surface area contributed by atoms with Crippen molar-refractivity contribution in [2.75, 3.05) is 0 Å². The van der Waals surface area contributed by atoms with Gasteiger partial charge < -0.3 is 0 Å². The van der Waals surface area contributed by atoms with Crippen LogP contribution in [0.1, 0.15) is 16.7 Å². The van der Waals surface area contributed by atoms with Crippen LogP contribution in [0.5, 0.6) is 0 Å². The zero-order valence-electron chi connectivity index (χ0n) is 13.5. The van der Waals surface area contributed by atoms with E-state index in [1.54, 1.807) is 26.0 Å². The first-order chi connectivity index (χ1) is 11.4. The molecule has 3 nitrogen and oxygen atoms in total. The molecule has 0 saturated carbocycles. The number of hydrogen-bond acceptors (Lipinski definition) is 3. The molecule has 2 aromatic carbocycles. The zero-order chi connectivity index (χ0) is 19.0. The van der Waals surface area contributed by atoms with Crippen LogP contribution in [0.4, 0.5) is 17.6 Å². The third kappa shape index (κ3) is 4.50. The monoisotopic (exact) mass is 490 g/mol. The third-order valence-corrected chi connectivity index (χ3v) is 11.1. The summed E-state index contributed by atoms with van der Waals surface area (Å²) >= 11 is -3.49. The fraction of sp³-hybridized carbons (Fsp3) is 0.250. The Hall–Kier alpha value is -1.20. The summed E-state index contributed by atoms with van der Waals surface area (Å²) in [6.07, 6.45) is 0. The van der Waals surface area contributed by atoms with Gasteiger partial charge in [-0.1, -0.05) is 0 Å². The Bertz CT molecular complexity index is 854. The van der Waals surface area contributed by atoms with Gasteiger partial charge in [0, 0.05) is 0 Å². The van der Waals surface area contributed by atoms with Crippen molar-refractivity contribution in [1.29, 1.82) is 0 Å². The van der Waals surface area contributed by atoms with E-state index in [0.717, 1.165) is 17.7 Å². The van der Waals surface area contributed by atoms with Gasteiger partial charge in [0.1, 0.15) is 0 Å². The summed E-state index contributed by atoms with van der Waals surface area (Å²) < 4.78 is 80.2. The summed E-state index contributed by atoms with van der Waals surface area (Å²) in [4.78, 5) is 0. The summed E-state index contributed by atoms with van der Waals surface area (Å²) in [6.45, 7) is 5.20. The van der Waals surface area contributed by atoms with Gasteiger partial charge in [-0.05, 0) is 0 Å². The first-order valence-corrected chi connectivity index (χ1v) is 11.4. The van der Waals surface area contributed by atoms with Crippen LogP contribution in [0.3, 0.4) is 0 Å². The van der Waals surface area contributed by atoms with Crippen LogP contribution in [0, 0.1) is 33.7 Å². The molecule has 25 heavy (non-hydrogen) atoms. The average Bonchev–Trinajstić information content (AvgIpc) is 2.44. The number of benzene rings is 2. The molecular weight excluding hydrogens is 475 g/mol. The fourth-order valence-electron chi connectivity index (χ4n) is 2.27. The van der Waals surface area contributed by atoms with Crippen molar-refractivity contribution in [3.63, 3.8) is 0 Å². The zero-order valence-corrected chi connectivity index (χ0v) is 16.5. The SMILES string of the molecule is Cc1cc(C)c(I(OS(=O)(=O)C(F)(F)F)c2ccc(F)cc2)c(C)c1. The van der Waals surface area contributed by atoms with Gasteiger partial charge in [-0.15, -0.1) is 0 Å². The van der Waals surface area contributed by atoms with E-state index in [9.17, 15) is 26.0 Å². The molecule has 2 aromatic rings. The maximum atomic E-state index is 13.2. The van der Waals surface area contributed by atoms with Crippen LogP contribution < -0.4 is 0 Å². The Kier molecular flexibility index (Phi) is 5.79. The van der Waals surface area contributed by atoms with Crippen LogP contribution >= 0.6 is 20.2 Å². The third-order valence-electron chi connectivity index (χ3n) is 3.18. The molecule has 2 rings (SSSR count). The van der Waals surface area contributed by atoms with Crippen molar-refractivity contribution < 1.29 is 28.5 Å². The van der Waals surface area contributed by atoms with Crippen molar-refractivity contribution >= 4 is 30.4 Å². The molecule has 0 aliphatic carbocycles. The summed E-state index contributed by atoms with van der Waals surface area (Å²) in [5.74, 6) is -0.574.